The fraction of sp³-hybridized carbons (Fsp3) is 0.265. The van der Waals surface area contributed by atoms with E-state index in [-0.39, 0.29) is 16.2 Å². The third-order valence-electron chi connectivity index (χ3n) is 11.7. The summed E-state index contributed by atoms with van der Waals surface area (Å²) in [5, 5.41) is 3.05. The summed E-state index contributed by atoms with van der Waals surface area (Å²) in [7, 11) is -1.88. The normalized spacial score (nSPS) is 15.2. The van der Waals surface area contributed by atoms with E-state index in [9.17, 15) is 0 Å². The monoisotopic (exact) mass is 681 g/mol. The maximum atomic E-state index is 2.51. The minimum Gasteiger partial charge on any atom is -0.310 e. The van der Waals surface area contributed by atoms with Gasteiger partial charge in [-0.3, -0.25) is 0 Å². The van der Waals surface area contributed by atoms with Gasteiger partial charge in [0.15, 0.2) is 0 Å². The molecule has 1 nitrogen and oxygen atoms in total. The van der Waals surface area contributed by atoms with Crippen LogP contribution in [-0.4, -0.2) is 8.07 Å². The lowest BCUT2D eigenvalue weighted by atomic mass is 9.71. The summed E-state index contributed by atoms with van der Waals surface area (Å²) >= 11 is 0. The summed E-state index contributed by atoms with van der Waals surface area (Å²) in [5.41, 5.74) is 17.3. The van der Waals surface area contributed by atoms with Crippen molar-refractivity contribution in [2.45, 2.75) is 84.7 Å². The van der Waals surface area contributed by atoms with Crippen molar-refractivity contribution >= 4 is 35.5 Å². The van der Waals surface area contributed by atoms with Crippen molar-refractivity contribution in [3.05, 3.63) is 150 Å². The molecule has 0 amide bonds. The maximum Gasteiger partial charge on any atom is 0.113 e. The van der Waals surface area contributed by atoms with Gasteiger partial charge in [0.25, 0.3) is 0 Å². The molecular formula is C49H51NSi. The predicted molar refractivity (Wildman–Crippen MR) is 224 cm³/mol. The summed E-state index contributed by atoms with van der Waals surface area (Å²) in [4.78, 5) is 2.50. The van der Waals surface area contributed by atoms with Crippen LogP contribution in [0.15, 0.2) is 127 Å². The molecule has 0 atom stereocenters. The maximum absolute atomic E-state index is 2.51. The van der Waals surface area contributed by atoms with Gasteiger partial charge >= 0.3 is 0 Å². The first-order valence-corrected chi connectivity index (χ1v) is 21.6. The van der Waals surface area contributed by atoms with Crippen LogP contribution in [0.5, 0.6) is 0 Å². The smallest absolute Gasteiger partial charge is 0.113 e. The number of hydrogen-bond acceptors (Lipinski definition) is 1. The zero-order chi connectivity index (χ0) is 36.1. The number of rotatable bonds is 4. The molecule has 0 radical (unpaired) electrons. The number of anilines is 3. The van der Waals surface area contributed by atoms with Gasteiger partial charge in [-0.25, -0.2) is 0 Å². The molecule has 0 spiro atoms. The van der Waals surface area contributed by atoms with Crippen molar-refractivity contribution in [2.75, 3.05) is 4.90 Å². The Morgan fingerprint density at radius 2 is 1.12 bits per heavy atom. The lowest BCUT2D eigenvalue weighted by Crippen LogP contribution is -2.49. The molecule has 1 heterocycles. The van der Waals surface area contributed by atoms with Gasteiger partial charge in [0, 0.05) is 22.5 Å². The average molecular weight is 682 g/mol. The fourth-order valence-corrected chi connectivity index (χ4v) is 12.0. The van der Waals surface area contributed by atoms with E-state index in [0.717, 1.165) is 0 Å². The van der Waals surface area contributed by atoms with E-state index in [2.05, 4.69) is 201 Å². The third-order valence-corrected chi connectivity index (χ3v) is 15.2. The lowest BCUT2D eigenvalue weighted by Gasteiger charge is -2.32. The highest BCUT2D eigenvalue weighted by Gasteiger charge is 2.41. The van der Waals surface area contributed by atoms with E-state index in [0.29, 0.717) is 0 Å². The Balaban J connectivity index is 1.36. The second-order valence-electron chi connectivity index (χ2n) is 18.0. The molecule has 0 unspecified atom stereocenters. The van der Waals surface area contributed by atoms with Crippen molar-refractivity contribution in [2.24, 2.45) is 0 Å². The minimum atomic E-state index is -1.88. The first kappa shape index (κ1) is 33.5. The Hall–Kier alpha value is -4.66. The summed E-state index contributed by atoms with van der Waals surface area (Å²) < 4.78 is 0. The summed E-state index contributed by atoms with van der Waals surface area (Å²) in [6.45, 7) is 24.0. The first-order valence-electron chi connectivity index (χ1n) is 18.6. The van der Waals surface area contributed by atoms with E-state index >= 15 is 0 Å². The van der Waals surface area contributed by atoms with E-state index in [4.69, 9.17) is 0 Å². The summed E-state index contributed by atoms with van der Waals surface area (Å²) in [5.74, 6) is 0. The molecule has 0 aromatic heterocycles. The van der Waals surface area contributed by atoms with E-state index in [1.54, 1.807) is 0 Å². The lowest BCUT2D eigenvalue weighted by molar-refractivity contribution is 0.545. The Morgan fingerprint density at radius 3 is 1.84 bits per heavy atom. The molecule has 2 heteroatoms. The number of fused-ring (bicyclic) bond motifs is 6. The van der Waals surface area contributed by atoms with Crippen LogP contribution in [0.2, 0.25) is 13.1 Å². The van der Waals surface area contributed by atoms with Crippen LogP contribution in [0.3, 0.4) is 0 Å². The second-order valence-corrected chi connectivity index (χ2v) is 22.3. The van der Waals surface area contributed by atoms with Gasteiger partial charge in [-0.1, -0.05) is 159 Å². The minimum absolute atomic E-state index is 0.0239. The fourth-order valence-electron chi connectivity index (χ4n) is 8.86. The van der Waals surface area contributed by atoms with Crippen LogP contribution >= 0.6 is 0 Å². The number of benzene rings is 6. The summed E-state index contributed by atoms with van der Waals surface area (Å²) in [6, 6.07) is 48.4. The van der Waals surface area contributed by atoms with Crippen LogP contribution in [-0.2, 0) is 16.2 Å². The zero-order valence-electron chi connectivity index (χ0n) is 32.1. The molecule has 8 rings (SSSR count). The molecule has 6 aromatic rings. The Morgan fingerprint density at radius 1 is 0.490 bits per heavy atom. The van der Waals surface area contributed by atoms with Gasteiger partial charge in [0.2, 0.25) is 0 Å². The van der Waals surface area contributed by atoms with Crippen molar-refractivity contribution < 1.29 is 0 Å². The molecule has 51 heavy (non-hydrogen) atoms. The molecule has 2 aliphatic rings. The molecule has 0 saturated heterocycles. The van der Waals surface area contributed by atoms with Gasteiger partial charge in [-0.15, -0.1) is 0 Å². The molecule has 0 saturated carbocycles. The van der Waals surface area contributed by atoms with Gasteiger partial charge in [0.05, 0.1) is 0 Å². The van der Waals surface area contributed by atoms with Crippen molar-refractivity contribution in [1.29, 1.82) is 0 Å². The molecule has 0 N–H and O–H groups in total. The molecule has 6 aromatic carbocycles. The van der Waals surface area contributed by atoms with Crippen LogP contribution in [0.1, 0.15) is 77.6 Å². The van der Waals surface area contributed by atoms with Crippen LogP contribution in [0.4, 0.5) is 17.1 Å². The van der Waals surface area contributed by atoms with Gasteiger partial charge < -0.3 is 4.90 Å². The standard InChI is InChI=1S/C49H51NSi/c1-47(2,3)34-28-41-40-30-36(24-26-42(40)49(7,8)46(41)43(29-34)48(4,5)6)50(35-20-16-19-33(27-35)32-17-12-11-13-18-32)37-23-25-39-38-21-14-15-22-44(38)51(9,10)45(39)31-37/h11-31H,1-10H3. The van der Waals surface area contributed by atoms with Crippen molar-refractivity contribution in [3.8, 4) is 33.4 Å². The summed E-state index contributed by atoms with van der Waals surface area (Å²) in [6.07, 6.45) is 0. The molecule has 0 fully saturated rings. The Labute approximate surface area is 307 Å². The van der Waals surface area contributed by atoms with E-state index in [1.165, 1.54) is 83.1 Å². The molecular weight excluding hydrogens is 631 g/mol. The topological polar surface area (TPSA) is 3.24 Å². The van der Waals surface area contributed by atoms with Crippen molar-refractivity contribution in [3.63, 3.8) is 0 Å². The van der Waals surface area contributed by atoms with Gasteiger partial charge in [-0.2, -0.15) is 0 Å². The van der Waals surface area contributed by atoms with Crippen molar-refractivity contribution in [1.82, 2.24) is 0 Å². The zero-order valence-corrected chi connectivity index (χ0v) is 33.1. The van der Waals surface area contributed by atoms with Crippen LogP contribution in [0.25, 0.3) is 33.4 Å². The highest BCUT2D eigenvalue weighted by molar-refractivity contribution is 7.03. The highest BCUT2D eigenvalue weighted by Crippen LogP contribution is 2.54. The van der Waals surface area contributed by atoms with Gasteiger partial charge in [0.1, 0.15) is 8.07 Å². The largest absolute Gasteiger partial charge is 0.310 e. The van der Waals surface area contributed by atoms with Gasteiger partial charge in [-0.05, 0) is 113 Å². The number of nitrogens with zero attached hydrogens (tertiary/aromatic N) is 1. The number of hydrogen-bond donors (Lipinski definition) is 0. The average Bonchev–Trinajstić information content (AvgIpc) is 3.47. The Kier molecular flexibility index (Phi) is 7.50. The predicted octanol–water partition coefficient (Wildman–Crippen LogP) is 12.5. The van der Waals surface area contributed by atoms with E-state index in [1.807, 2.05) is 0 Å². The SMILES string of the molecule is CC(C)(C)c1cc2c(c(C(C)(C)C)c1)C(C)(C)c1ccc(N(c3cccc(-c4ccccc4)c3)c3ccc4c(c3)[Si](C)(C)c3ccccc3-4)cc1-2. The molecule has 1 aliphatic heterocycles. The molecule has 1 aliphatic carbocycles. The second kappa shape index (κ2) is 11.4. The highest BCUT2D eigenvalue weighted by atomic mass is 28.3. The Bertz CT molecular complexity index is 2330. The quantitative estimate of drug-likeness (QED) is 0.167. The molecule has 256 valence electrons. The van der Waals surface area contributed by atoms with Crippen LogP contribution < -0.4 is 15.3 Å². The molecule has 0 bridgehead atoms. The third kappa shape index (κ3) is 5.33. The van der Waals surface area contributed by atoms with E-state index < -0.39 is 8.07 Å². The van der Waals surface area contributed by atoms with Crippen LogP contribution in [0, 0.1) is 0 Å². The first-order chi connectivity index (χ1) is 24.1.